The molecule has 0 heterocycles. The molecule has 0 aromatic heterocycles. The molecule has 2 aromatic carbocycles. The van der Waals surface area contributed by atoms with Crippen molar-refractivity contribution in [1.82, 2.24) is 0 Å². The third-order valence-electron chi connectivity index (χ3n) is 3.61. The molecule has 2 aromatic rings. The van der Waals surface area contributed by atoms with E-state index >= 15 is 0 Å². The molecular weight excluding hydrogens is 312 g/mol. The van der Waals surface area contributed by atoms with Crippen molar-refractivity contribution in [3.63, 3.8) is 0 Å². The molecule has 0 aliphatic carbocycles. The van der Waals surface area contributed by atoms with E-state index in [1.165, 1.54) is 48.6 Å². The lowest BCUT2D eigenvalue weighted by Crippen LogP contribution is -2.37. The van der Waals surface area contributed by atoms with Gasteiger partial charge < -0.3 is 11.5 Å². The van der Waals surface area contributed by atoms with Crippen LogP contribution in [0.3, 0.4) is 0 Å². The van der Waals surface area contributed by atoms with E-state index in [1.54, 1.807) is 12.1 Å². The highest BCUT2D eigenvalue weighted by molar-refractivity contribution is 5.58. The number of rotatable bonds is 6. The molecule has 0 aliphatic heterocycles. The summed E-state index contributed by atoms with van der Waals surface area (Å²) in [5, 5.41) is 22.7. The fourth-order valence-electron chi connectivity index (χ4n) is 2.54. The Labute approximate surface area is 137 Å². The predicted octanol–water partition coefficient (Wildman–Crippen LogP) is 2.22. The van der Waals surface area contributed by atoms with Crippen LogP contribution in [0.1, 0.15) is 11.1 Å². The summed E-state index contributed by atoms with van der Waals surface area (Å²) < 4.78 is 0. The van der Waals surface area contributed by atoms with E-state index < -0.39 is 15.4 Å². The molecule has 0 atom stereocenters. The van der Waals surface area contributed by atoms with Crippen LogP contribution in [-0.2, 0) is 5.54 Å². The number of para-hydroxylation sites is 2. The minimum Gasteiger partial charge on any atom is -0.327 e. The molecule has 0 radical (unpaired) electrons. The summed E-state index contributed by atoms with van der Waals surface area (Å²) in [5.41, 5.74) is 10.2. The van der Waals surface area contributed by atoms with E-state index in [-0.39, 0.29) is 29.0 Å². The van der Waals surface area contributed by atoms with Gasteiger partial charge in [0.2, 0.25) is 0 Å². The molecule has 2 rings (SSSR count). The zero-order valence-electron chi connectivity index (χ0n) is 12.7. The van der Waals surface area contributed by atoms with Crippen LogP contribution in [-0.4, -0.2) is 16.4 Å². The van der Waals surface area contributed by atoms with Gasteiger partial charge in [-0.3, -0.25) is 20.2 Å². The van der Waals surface area contributed by atoms with E-state index in [0.717, 1.165) is 0 Å². The van der Waals surface area contributed by atoms with Gasteiger partial charge in [0.05, 0.1) is 26.5 Å². The lowest BCUT2D eigenvalue weighted by atomic mass is 9.81. The van der Waals surface area contributed by atoms with Gasteiger partial charge in [-0.25, -0.2) is 0 Å². The Kier molecular flexibility index (Phi) is 5.02. The molecule has 0 fully saturated rings. The van der Waals surface area contributed by atoms with Crippen LogP contribution >= 0.6 is 0 Å². The van der Waals surface area contributed by atoms with E-state index in [9.17, 15) is 20.2 Å². The Morgan fingerprint density at radius 3 is 1.71 bits per heavy atom. The monoisotopic (exact) mass is 328 g/mol. The molecule has 8 nitrogen and oxygen atoms in total. The third-order valence-corrected chi connectivity index (χ3v) is 3.61. The largest absolute Gasteiger partial charge is 0.327 e. The van der Waals surface area contributed by atoms with E-state index in [0.29, 0.717) is 0 Å². The number of benzene rings is 2. The number of hydrogen-bond acceptors (Lipinski definition) is 6. The van der Waals surface area contributed by atoms with Gasteiger partial charge in [-0.2, -0.15) is 0 Å². The van der Waals surface area contributed by atoms with Crippen LogP contribution in [0.2, 0.25) is 0 Å². The molecule has 0 unspecified atom stereocenters. The van der Waals surface area contributed by atoms with Crippen LogP contribution < -0.4 is 11.5 Å². The molecule has 124 valence electrons. The second-order valence-electron chi connectivity index (χ2n) is 5.06. The first-order valence-electron chi connectivity index (χ1n) is 7.06. The summed E-state index contributed by atoms with van der Waals surface area (Å²) in [7, 11) is 0. The first-order valence-corrected chi connectivity index (χ1v) is 7.06. The number of hydrogen-bond donors (Lipinski definition) is 2. The van der Waals surface area contributed by atoms with Crippen molar-refractivity contribution in [3.05, 3.63) is 92.0 Å². The van der Waals surface area contributed by atoms with Crippen molar-refractivity contribution in [2.24, 2.45) is 11.5 Å². The lowest BCUT2D eigenvalue weighted by molar-refractivity contribution is -0.387. The molecule has 0 aliphatic rings. The van der Waals surface area contributed by atoms with Crippen molar-refractivity contribution in [2.45, 2.75) is 5.54 Å². The van der Waals surface area contributed by atoms with Crippen LogP contribution in [0.5, 0.6) is 0 Å². The summed E-state index contributed by atoms with van der Waals surface area (Å²) >= 11 is 0. The maximum absolute atomic E-state index is 11.4. The Morgan fingerprint density at radius 1 is 0.917 bits per heavy atom. The Bertz CT molecular complexity index is 747. The number of nitro groups is 2. The Morgan fingerprint density at radius 2 is 1.33 bits per heavy atom. The van der Waals surface area contributed by atoms with Gasteiger partial charge in [-0.15, -0.1) is 0 Å². The first kappa shape index (κ1) is 17.3. The topological polar surface area (TPSA) is 138 Å². The average molecular weight is 328 g/mol. The Hall–Kier alpha value is -3.10. The fraction of sp³-hybridized carbons (Fsp3) is 0.125. The highest BCUT2D eigenvalue weighted by Gasteiger charge is 2.37. The molecule has 24 heavy (non-hydrogen) atoms. The van der Waals surface area contributed by atoms with Gasteiger partial charge in [0.25, 0.3) is 11.4 Å². The highest BCUT2D eigenvalue weighted by Crippen LogP contribution is 2.38. The van der Waals surface area contributed by atoms with Crippen LogP contribution in [0.4, 0.5) is 11.4 Å². The zero-order chi connectivity index (χ0) is 17.7. The van der Waals surface area contributed by atoms with Crippen LogP contribution in [0.25, 0.3) is 0 Å². The van der Waals surface area contributed by atoms with Crippen molar-refractivity contribution >= 4 is 11.4 Å². The highest BCUT2D eigenvalue weighted by atomic mass is 16.6. The standard InChI is InChI=1S/C16H16N4O4/c17-11-5-10-16(18,12-6-1-3-8-14(12)19(21)22)13-7-2-4-9-15(13)20(23)24/h1-10H,11,17-18H2. The summed E-state index contributed by atoms with van der Waals surface area (Å²) in [5.74, 6) is 0. The first-order chi connectivity index (χ1) is 11.4. The molecule has 0 saturated carbocycles. The molecule has 8 heteroatoms. The van der Waals surface area contributed by atoms with Crippen molar-refractivity contribution in [2.75, 3.05) is 6.54 Å². The van der Waals surface area contributed by atoms with Crippen LogP contribution in [0, 0.1) is 20.2 Å². The van der Waals surface area contributed by atoms with Gasteiger partial charge in [-0.05, 0) is 12.1 Å². The molecule has 0 amide bonds. The van der Waals surface area contributed by atoms with Crippen molar-refractivity contribution in [3.8, 4) is 0 Å². The molecular formula is C16H16N4O4. The van der Waals surface area contributed by atoms with Crippen molar-refractivity contribution in [1.29, 1.82) is 0 Å². The maximum Gasteiger partial charge on any atom is 0.275 e. The average Bonchev–Trinajstić information content (AvgIpc) is 2.59. The minimum atomic E-state index is -1.56. The van der Waals surface area contributed by atoms with Gasteiger partial charge >= 0.3 is 0 Å². The normalized spacial score (nSPS) is 11.6. The van der Waals surface area contributed by atoms with Gasteiger partial charge in [0.15, 0.2) is 0 Å². The second-order valence-corrected chi connectivity index (χ2v) is 5.06. The number of nitrogens with two attached hydrogens (primary N) is 2. The SMILES string of the molecule is NCC=CC(N)(c1ccccc1[N+](=O)[O-])c1ccccc1[N+](=O)[O-]. The van der Waals surface area contributed by atoms with E-state index in [1.807, 2.05) is 0 Å². The molecule has 0 spiro atoms. The van der Waals surface area contributed by atoms with Gasteiger partial charge in [0, 0.05) is 18.7 Å². The van der Waals surface area contributed by atoms with Crippen LogP contribution in [0.15, 0.2) is 60.7 Å². The smallest absolute Gasteiger partial charge is 0.275 e. The molecule has 0 saturated heterocycles. The third kappa shape index (κ3) is 3.14. The fourth-order valence-corrected chi connectivity index (χ4v) is 2.54. The van der Waals surface area contributed by atoms with Gasteiger partial charge in [-0.1, -0.05) is 36.4 Å². The summed E-state index contributed by atoms with van der Waals surface area (Å²) in [6, 6.07) is 11.8. The maximum atomic E-state index is 11.4. The molecule has 0 bridgehead atoms. The Balaban J connectivity index is 2.81. The second kappa shape index (κ2) is 6.99. The summed E-state index contributed by atoms with van der Waals surface area (Å²) in [6.45, 7) is 0.139. The van der Waals surface area contributed by atoms with E-state index in [4.69, 9.17) is 11.5 Å². The van der Waals surface area contributed by atoms with Gasteiger partial charge in [0.1, 0.15) is 0 Å². The van der Waals surface area contributed by atoms with E-state index in [2.05, 4.69) is 0 Å². The summed E-state index contributed by atoms with van der Waals surface area (Å²) in [6.07, 6.45) is 2.98. The predicted molar refractivity (Wildman–Crippen MR) is 89.4 cm³/mol. The quantitative estimate of drug-likeness (QED) is 0.473. The lowest BCUT2D eigenvalue weighted by Gasteiger charge is -2.26. The zero-order valence-corrected chi connectivity index (χ0v) is 12.7. The number of nitro benzene ring substituents is 2. The summed E-state index contributed by atoms with van der Waals surface area (Å²) in [4.78, 5) is 21.6. The minimum absolute atomic E-state index is 0.139. The number of nitrogens with zero attached hydrogens (tertiary/aromatic N) is 2. The van der Waals surface area contributed by atoms with Crippen molar-refractivity contribution < 1.29 is 9.85 Å². The molecule has 4 N–H and O–H groups in total.